The minimum Gasteiger partial charge on any atom is -0.497 e. The van der Waals surface area contributed by atoms with Gasteiger partial charge in [-0.15, -0.1) is 0 Å². The lowest BCUT2D eigenvalue weighted by atomic mass is 10.1. The average Bonchev–Trinajstić information content (AvgIpc) is 2.27. The monoisotopic (exact) mass is 209 g/mol. The number of carbonyl (C=O) groups is 1. The van der Waals surface area contributed by atoms with Gasteiger partial charge in [-0.25, -0.2) is 0 Å². The Bertz CT molecular complexity index is 339. The van der Waals surface area contributed by atoms with Crippen molar-refractivity contribution in [3.05, 3.63) is 23.8 Å². The van der Waals surface area contributed by atoms with Gasteiger partial charge >= 0.3 is 0 Å². The molecule has 0 saturated heterocycles. The van der Waals surface area contributed by atoms with Gasteiger partial charge in [-0.05, 0) is 19.1 Å². The fourth-order valence-corrected chi connectivity index (χ4v) is 1.21. The zero-order chi connectivity index (χ0) is 11.4. The normalized spacial score (nSPS) is 12.0. The van der Waals surface area contributed by atoms with Crippen molar-refractivity contribution in [2.24, 2.45) is 5.73 Å². The Balaban J connectivity index is 3.12. The number of rotatable bonds is 4. The molecule has 1 aromatic rings. The zero-order valence-electron chi connectivity index (χ0n) is 9.11. The SMILES string of the molecule is COc1cc(OC)cc(C(=O)C(C)N)c1. The predicted octanol–water partition coefficient (Wildman–Crippen LogP) is 1.23. The maximum Gasteiger partial charge on any atom is 0.179 e. The summed E-state index contributed by atoms with van der Waals surface area (Å²) >= 11 is 0. The van der Waals surface area contributed by atoms with E-state index in [9.17, 15) is 4.79 Å². The van der Waals surface area contributed by atoms with Crippen LogP contribution in [0.2, 0.25) is 0 Å². The van der Waals surface area contributed by atoms with Gasteiger partial charge in [0.2, 0.25) is 0 Å². The van der Waals surface area contributed by atoms with Crippen LogP contribution in [0.1, 0.15) is 17.3 Å². The Morgan fingerprint density at radius 3 is 2.00 bits per heavy atom. The number of hydrogen-bond donors (Lipinski definition) is 1. The lowest BCUT2D eigenvalue weighted by Crippen LogP contribution is -2.26. The molecule has 1 atom stereocenters. The van der Waals surface area contributed by atoms with E-state index in [1.165, 1.54) is 14.2 Å². The minimum absolute atomic E-state index is 0.132. The van der Waals surface area contributed by atoms with Crippen LogP contribution in [0, 0.1) is 0 Å². The second-order valence-electron chi connectivity index (χ2n) is 3.25. The van der Waals surface area contributed by atoms with Gasteiger partial charge in [0.05, 0.1) is 20.3 Å². The predicted molar refractivity (Wildman–Crippen MR) is 57.5 cm³/mol. The van der Waals surface area contributed by atoms with E-state index in [4.69, 9.17) is 15.2 Å². The summed E-state index contributed by atoms with van der Waals surface area (Å²) in [7, 11) is 3.07. The highest BCUT2D eigenvalue weighted by Crippen LogP contribution is 2.23. The molecule has 0 saturated carbocycles. The molecule has 0 aromatic heterocycles. The number of carbonyl (C=O) groups excluding carboxylic acids is 1. The molecular formula is C11H15NO3. The van der Waals surface area contributed by atoms with Gasteiger partial charge in [0, 0.05) is 11.6 Å². The lowest BCUT2D eigenvalue weighted by molar-refractivity contribution is 0.0967. The second-order valence-corrected chi connectivity index (χ2v) is 3.25. The maximum atomic E-state index is 11.6. The van der Waals surface area contributed by atoms with E-state index in [-0.39, 0.29) is 5.78 Å². The number of benzene rings is 1. The van der Waals surface area contributed by atoms with Crippen LogP contribution in [0.5, 0.6) is 11.5 Å². The van der Waals surface area contributed by atoms with E-state index in [2.05, 4.69) is 0 Å². The molecule has 2 N–H and O–H groups in total. The summed E-state index contributed by atoms with van der Waals surface area (Å²) in [6, 6.07) is 4.47. The van der Waals surface area contributed by atoms with Crippen molar-refractivity contribution in [1.82, 2.24) is 0 Å². The molecule has 1 rings (SSSR count). The Kier molecular flexibility index (Phi) is 3.68. The first-order chi connectivity index (χ1) is 7.08. The van der Waals surface area contributed by atoms with Crippen LogP contribution in [0.15, 0.2) is 18.2 Å². The molecule has 1 unspecified atom stereocenters. The third-order valence-corrected chi connectivity index (χ3v) is 2.05. The molecule has 0 heterocycles. The number of hydrogen-bond acceptors (Lipinski definition) is 4. The summed E-state index contributed by atoms with van der Waals surface area (Å²) < 4.78 is 10.1. The van der Waals surface area contributed by atoms with Crippen LogP contribution in [0.4, 0.5) is 0 Å². The van der Waals surface area contributed by atoms with Gasteiger partial charge in [0.15, 0.2) is 5.78 Å². The number of ether oxygens (including phenoxy) is 2. The van der Waals surface area contributed by atoms with Crippen LogP contribution in [-0.4, -0.2) is 26.0 Å². The summed E-state index contributed by atoms with van der Waals surface area (Å²) in [5.74, 6) is 1.03. The third kappa shape index (κ3) is 2.70. The molecule has 0 aliphatic rings. The van der Waals surface area contributed by atoms with E-state index < -0.39 is 6.04 Å². The highest BCUT2D eigenvalue weighted by atomic mass is 16.5. The molecular weight excluding hydrogens is 194 g/mol. The molecule has 0 fully saturated rings. The Hall–Kier alpha value is -1.55. The molecule has 1 aromatic carbocycles. The summed E-state index contributed by atoms with van der Waals surface area (Å²) in [4.78, 5) is 11.6. The number of ketones is 1. The largest absolute Gasteiger partial charge is 0.497 e. The number of Topliss-reactive ketones (excluding diaryl/α,β-unsaturated/α-hetero) is 1. The quantitative estimate of drug-likeness (QED) is 0.758. The van der Waals surface area contributed by atoms with Gasteiger partial charge in [0.25, 0.3) is 0 Å². The molecule has 82 valence electrons. The van der Waals surface area contributed by atoms with E-state index in [0.29, 0.717) is 17.1 Å². The van der Waals surface area contributed by atoms with E-state index in [1.807, 2.05) is 0 Å². The summed E-state index contributed by atoms with van der Waals surface area (Å²) in [5.41, 5.74) is 6.02. The van der Waals surface area contributed by atoms with Crippen LogP contribution in [0.25, 0.3) is 0 Å². The van der Waals surface area contributed by atoms with Crippen molar-refractivity contribution in [2.45, 2.75) is 13.0 Å². The van der Waals surface area contributed by atoms with E-state index in [1.54, 1.807) is 25.1 Å². The first-order valence-electron chi connectivity index (χ1n) is 4.61. The Morgan fingerprint density at radius 1 is 1.20 bits per heavy atom. The van der Waals surface area contributed by atoms with Crippen LogP contribution in [0.3, 0.4) is 0 Å². The lowest BCUT2D eigenvalue weighted by Gasteiger charge is -2.09. The molecule has 0 spiro atoms. The average molecular weight is 209 g/mol. The smallest absolute Gasteiger partial charge is 0.179 e. The minimum atomic E-state index is -0.526. The van der Waals surface area contributed by atoms with Crippen LogP contribution < -0.4 is 15.2 Å². The van der Waals surface area contributed by atoms with Gasteiger partial charge in [-0.2, -0.15) is 0 Å². The molecule has 0 amide bonds. The Labute approximate surface area is 89.0 Å². The molecule has 0 aliphatic carbocycles. The summed E-state index contributed by atoms with van der Waals surface area (Å²) in [6.07, 6.45) is 0. The van der Waals surface area contributed by atoms with Crippen molar-refractivity contribution in [1.29, 1.82) is 0 Å². The summed E-state index contributed by atoms with van der Waals surface area (Å²) in [6.45, 7) is 1.65. The van der Waals surface area contributed by atoms with E-state index in [0.717, 1.165) is 0 Å². The topological polar surface area (TPSA) is 61.5 Å². The van der Waals surface area contributed by atoms with E-state index >= 15 is 0 Å². The third-order valence-electron chi connectivity index (χ3n) is 2.05. The molecule has 4 nitrogen and oxygen atoms in total. The number of nitrogens with two attached hydrogens (primary N) is 1. The summed E-state index contributed by atoms with van der Waals surface area (Å²) in [5, 5.41) is 0. The highest BCUT2D eigenvalue weighted by Gasteiger charge is 2.13. The van der Waals surface area contributed by atoms with Gasteiger partial charge in [-0.1, -0.05) is 0 Å². The highest BCUT2D eigenvalue weighted by molar-refractivity contribution is 6.00. The molecule has 0 aliphatic heterocycles. The maximum absolute atomic E-state index is 11.6. The van der Waals surface area contributed by atoms with Crippen LogP contribution >= 0.6 is 0 Å². The first kappa shape index (κ1) is 11.5. The van der Waals surface area contributed by atoms with Gasteiger partial charge in [0.1, 0.15) is 11.5 Å². The van der Waals surface area contributed by atoms with Crippen LogP contribution in [-0.2, 0) is 0 Å². The van der Waals surface area contributed by atoms with Crippen molar-refractivity contribution in [2.75, 3.05) is 14.2 Å². The van der Waals surface area contributed by atoms with Gasteiger partial charge < -0.3 is 15.2 Å². The second kappa shape index (κ2) is 4.79. The Morgan fingerprint density at radius 2 is 1.67 bits per heavy atom. The first-order valence-corrected chi connectivity index (χ1v) is 4.61. The number of methoxy groups -OCH3 is 2. The molecule has 4 heteroatoms. The fourth-order valence-electron chi connectivity index (χ4n) is 1.21. The van der Waals surface area contributed by atoms with Crippen molar-refractivity contribution >= 4 is 5.78 Å². The molecule has 0 radical (unpaired) electrons. The standard InChI is InChI=1S/C11H15NO3/c1-7(12)11(13)8-4-9(14-2)6-10(5-8)15-3/h4-7H,12H2,1-3H3. The van der Waals surface area contributed by atoms with Crippen molar-refractivity contribution in [3.63, 3.8) is 0 Å². The van der Waals surface area contributed by atoms with Crippen molar-refractivity contribution < 1.29 is 14.3 Å². The fraction of sp³-hybridized carbons (Fsp3) is 0.364. The van der Waals surface area contributed by atoms with Crippen molar-refractivity contribution in [3.8, 4) is 11.5 Å². The van der Waals surface area contributed by atoms with Gasteiger partial charge in [-0.3, -0.25) is 4.79 Å². The zero-order valence-corrected chi connectivity index (χ0v) is 9.11. The molecule has 0 bridgehead atoms. The molecule has 15 heavy (non-hydrogen) atoms.